The summed E-state index contributed by atoms with van der Waals surface area (Å²) >= 11 is 0. The number of carbonyl (C=O) groups is 2. The predicted molar refractivity (Wildman–Crippen MR) is 64.9 cm³/mol. The Bertz CT molecular complexity index is 376. The first-order chi connectivity index (χ1) is 8.62. The van der Waals surface area contributed by atoms with Crippen molar-refractivity contribution in [3.05, 3.63) is 0 Å². The van der Waals surface area contributed by atoms with Crippen molar-refractivity contribution in [2.45, 2.75) is 44.2 Å². The van der Waals surface area contributed by atoms with Crippen LogP contribution in [0.4, 0.5) is 0 Å². The average molecular weight is 252 g/mol. The maximum absolute atomic E-state index is 12.5. The molecule has 5 nitrogen and oxygen atoms in total. The van der Waals surface area contributed by atoms with Gasteiger partial charge in [0.2, 0.25) is 11.8 Å². The number of hydrogen-bond acceptors (Lipinski definition) is 3. The molecule has 2 amide bonds. The van der Waals surface area contributed by atoms with Gasteiger partial charge in [0.1, 0.15) is 12.6 Å². The molecule has 3 aliphatic rings. The van der Waals surface area contributed by atoms with E-state index in [4.69, 9.17) is 4.74 Å². The smallest absolute Gasteiger partial charge is 0.246 e. The van der Waals surface area contributed by atoms with Crippen LogP contribution in [-0.2, 0) is 14.3 Å². The molecular weight excluding hydrogens is 232 g/mol. The predicted octanol–water partition coefficient (Wildman–Crippen LogP) is 0.389. The Hall–Kier alpha value is -1.10. The summed E-state index contributed by atoms with van der Waals surface area (Å²) < 4.78 is 5.37. The summed E-state index contributed by atoms with van der Waals surface area (Å²) in [4.78, 5) is 28.3. The lowest BCUT2D eigenvalue weighted by Gasteiger charge is -2.48. The summed E-state index contributed by atoms with van der Waals surface area (Å²) in [7, 11) is 0. The van der Waals surface area contributed by atoms with E-state index >= 15 is 0 Å². The molecule has 0 aromatic rings. The van der Waals surface area contributed by atoms with Crippen LogP contribution in [0.15, 0.2) is 0 Å². The lowest BCUT2D eigenvalue weighted by Crippen LogP contribution is -2.64. The highest BCUT2D eigenvalue weighted by Crippen LogP contribution is 2.33. The minimum Gasteiger partial charge on any atom is -0.381 e. The maximum atomic E-state index is 12.5. The number of piperazine rings is 1. The SMILES string of the molecule is CC1(N2CC(=O)N3CCCC3C2=O)CCOCC1. The van der Waals surface area contributed by atoms with Gasteiger partial charge in [0.05, 0.1) is 0 Å². The Morgan fingerprint density at radius 1 is 1.28 bits per heavy atom. The molecule has 3 fully saturated rings. The topological polar surface area (TPSA) is 49.9 Å². The van der Waals surface area contributed by atoms with E-state index in [-0.39, 0.29) is 29.9 Å². The highest BCUT2D eigenvalue weighted by atomic mass is 16.5. The lowest BCUT2D eigenvalue weighted by molar-refractivity contribution is -0.162. The van der Waals surface area contributed by atoms with E-state index < -0.39 is 0 Å². The monoisotopic (exact) mass is 252 g/mol. The molecule has 0 radical (unpaired) electrons. The molecule has 0 aromatic carbocycles. The van der Waals surface area contributed by atoms with Crippen LogP contribution in [-0.4, -0.2) is 59.5 Å². The molecule has 3 heterocycles. The Morgan fingerprint density at radius 2 is 2.00 bits per heavy atom. The van der Waals surface area contributed by atoms with Crippen LogP contribution < -0.4 is 0 Å². The normalized spacial score (nSPS) is 31.7. The van der Waals surface area contributed by atoms with E-state index in [1.54, 1.807) is 4.90 Å². The van der Waals surface area contributed by atoms with Gasteiger partial charge in [0, 0.05) is 25.3 Å². The standard InChI is InChI=1S/C13H20N2O3/c1-13(4-7-18-8-5-13)15-9-11(16)14-6-2-3-10(14)12(15)17/h10H,2-9H2,1H3. The second-order valence-corrected chi connectivity index (χ2v) is 5.78. The van der Waals surface area contributed by atoms with Gasteiger partial charge in [-0.2, -0.15) is 0 Å². The Labute approximate surface area is 107 Å². The minimum atomic E-state index is -0.195. The van der Waals surface area contributed by atoms with Gasteiger partial charge in [-0.15, -0.1) is 0 Å². The fourth-order valence-electron chi connectivity index (χ4n) is 3.34. The third-order valence-electron chi connectivity index (χ3n) is 4.64. The Kier molecular flexibility index (Phi) is 2.81. The van der Waals surface area contributed by atoms with Crippen molar-refractivity contribution >= 4 is 11.8 Å². The van der Waals surface area contributed by atoms with Crippen LogP contribution >= 0.6 is 0 Å². The van der Waals surface area contributed by atoms with Crippen LogP contribution in [0.3, 0.4) is 0 Å². The zero-order chi connectivity index (χ0) is 12.8. The van der Waals surface area contributed by atoms with Crippen LogP contribution in [0.5, 0.6) is 0 Å². The third kappa shape index (κ3) is 1.72. The van der Waals surface area contributed by atoms with Gasteiger partial charge in [0.25, 0.3) is 0 Å². The van der Waals surface area contributed by atoms with Gasteiger partial charge in [-0.05, 0) is 32.6 Å². The van der Waals surface area contributed by atoms with Gasteiger partial charge in [-0.1, -0.05) is 0 Å². The first-order valence-electron chi connectivity index (χ1n) is 6.80. The summed E-state index contributed by atoms with van der Waals surface area (Å²) in [6.07, 6.45) is 3.45. The minimum absolute atomic E-state index is 0.116. The van der Waals surface area contributed by atoms with Crippen molar-refractivity contribution < 1.29 is 14.3 Å². The van der Waals surface area contributed by atoms with Gasteiger partial charge >= 0.3 is 0 Å². The summed E-state index contributed by atoms with van der Waals surface area (Å²) in [5.41, 5.74) is -0.195. The van der Waals surface area contributed by atoms with Crippen LogP contribution in [0.1, 0.15) is 32.6 Å². The molecule has 0 spiro atoms. The van der Waals surface area contributed by atoms with Crippen molar-refractivity contribution in [1.82, 2.24) is 9.80 Å². The van der Waals surface area contributed by atoms with Gasteiger partial charge in [0.15, 0.2) is 0 Å². The zero-order valence-corrected chi connectivity index (χ0v) is 10.9. The molecule has 3 saturated heterocycles. The number of amides is 2. The van der Waals surface area contributed by atoms with Gasteiger partial charge in [-0.25, -0.2) is 0 Å². The Balaban J connectivity index is 1.84. The van der Waals surface area contributed by atoms with Crippen molar-refractivity contribution in [2.75, 3.05) is 26.3 Å². The average Bonchev–Trinajstić information content (AvgIpc) is 2.84. The number of rotatable bonds is 1. The molecule has 0 saturated carbocycles. The molecular formula is C13H20N2O3. The molecule has 1 unspecified atom stereocenters. The van der Waals surface area contributed by atoms with E-state index in [1.807, 2.05) is 4.90 Å². The van der Waals surface area contributed by atoms with E-state index in [2.05, 4.69) is 6.92 Å². The highest BCUT2D eigenvalue weighted by Gasteiger charge is 2.48. The number of carbonyl (C=O) groups excluding carboxylic acids is 2. The summed E-state index contributed by atoms with van der Waals surface area (Å²) in [5.74, 6) is 0.265. The summed E-state index contributed by atoms with van der Waals surface area (Å²) in [5, 5.41) is 0. The Morgan fingerprint density at radius 3 is 2.72 bits per heavy atom. The second kappa shape index (κ2) is 4.23. The molecule has 3 aliphatic heterocycles. The first-order valence-corrected chi connectivity index (χ1v) is 6.80. The number of hydrogen-bond donors (Lipinski definition) is 0. The first kappa shape index (κ1) is 12.0. The van der Waals surface area contributed by atoms with Gasteiger partial charge < -0.3 is 14.5 Å². The van der Waals surface area contributed by atoms with Crippen molar-refractivity contribution in [3.8, 4) is 0 Å². The fourth-order valence-corrected chi connectivity index (χ4v) is 3.34. The molecule has 0 bridgehead atoms. The summed E-state index contributed by atoms with van der Waals surface area (Å²) in [6.45, 7) is 4.46. The van der Waals surface area contributed by atoms with Crippen molar-refractivity contribution in [1.29, 1.82) is 0 Å². The molecule has 3 rings (SSSR count). The third-order valence-corrected chi connectivity index (χ3v) is 4.64. The molecule has 0 aromatic heterocycles. The largest absolute Gasteiger partial charge is 0.381 e. The number of ether oxygens (including phenoxy) is 1. The second-order valence-electron chi connectivity index (χ2n) is 5.78. The van der Waals surface area contributed by atoms with Crippen LogP contribution in [0.25, 0.3) is 0 Å². The van der Waals surface area contributed by atoms with Crippen molar-refractivity contribution in [3.63, 3.8) is 0 Å². The molecule has 0 aliphatic carbocycles. The molecule has 18 heavy (non-hydrogen) atoms. The lowest BCUT2D eigenvalue weighted by atomic mass is 9.88. The molecule has 1 atom stereocenters. The highest BCUT2D eigenvalue weighted by molar-refractivity contribution is 5.95. The number of fused-ring (bicyclic) bond motifs is 1. The van der Waals surface area contributed by atoms with E-state index in [0.717, 1.165) is 32.2 Å². The van der Waals surface area contributed by atoms with E-state index in [0.29, 0.717) is 13.2 Å². The van der Waals surface area contributed by atoms with Gasteiger partial charge in [-0.3, -0.25) is 9.59 Å². The van der Waals surface area contributed by atoms with Crippen LogP contribution in [0, 0.1) is 0 Å². The van der Waals surface area contributed by atoms with E-state index in [9.17, 15) is 9.59 Å². The fraction of sp³-hybridized carbons (Fsp3) is 0.846. The molecule has 0 N–H and O–H groups in total. The molecule has 5 heteroatoms. The van der Waals surface area contributed by atoms with E-state index in [1.165, 1.54) is 0 Å². The van der Waals surface area contributed by atoms with Crippen molar-refractivity contribution in [2.24, 2.45) is 0 Å². The zero-order valence-electron chi connectivity index (χ0n) is 10.9. The summed E-state index contributed by atoms with van der Waals surface area (Å²) in [6, 6.07) is -0.189. The number of nitrogens with zero attached hydrogens (tertiary/aromatic N) is 2. The maximum Gasteiger partial charge on any atom is 0.246 e. The molecule has 100 valence electrons. The quantitative estimate of drug-likeness (QED) is 0.678. The van der Waals surface area contributed by atoms with Crippen LogP contribution in [0.2, 0.25) is 0 Å².